The molecule has 0 bridgehead atoms. The summed E-state index contributed by atoms with van der Waals surface area (Å²) in [5.41, 5.74) is -0.880. The van der Waals surface area contributed by atoms with Gasteiger partial charge in [0.1, 0.15) is 11.5 Å². The molecule has 0 saturated heterocycles. The maximum Gasteiger partial charge on any atom is 0.340 e. The lowest BCUT2D eigenvalue weighted by molar-refractivity contribution is -0.384. The number of methoxy groups -OCH3 is 1. The molecule has 2 N–H and O–H groups in total. The lowest BCUT2D eigenvalue weighted by Crippen LogP contribution is -2.16. The second kappa shape index (κ2) is 6.80. The maximum atomic E-state index is 13.6. The molecule has 0 aliphatic rings. The molecular formula is C12H15FN2O5. The van der Waals surface area contributed by atoms with Gasteiger partial charge < -0.3 is 15.2 Å². The lowest BCUT2D eigenvalue weighted by atomic mass is 10.1. The van der Waals surface area contributed by atoms with Crippen LogP contribution in [-0.2, 0) is 4.74 Å². The summed E-state index contributed by atoms with van der Waals surface area (Å²) >= 11 is 0. The van der Waals surface area contributed by atoms with Crippen molar-refractivity contribution in [2.45, 2.75) is 6.92 Å². The van der Waals surface area contributed by atoms with E-state index < -0.39 is 28.0 Å². The number of carbonyl (C=O) groups is 1. The van der Waals surface area contributed by atoms with Crippen LogP contribution in [0.2, 0.25) is 0 Å². The van der Waals surface area contributed by atoms with Crippen molar-refractivity contribution in [3.05, 3.63) is 33.6 Å². The number of hydrogen-bond donors (Lipinski definition) is 2. The third-order valence-corrected chi connectivity index (χ3v) is 2.64. The van der Waals surface area contributed by atoms with E-state index in [1.807, 2.05) is 0 Å². The smallest absolute Gasteiger partial charge is 0.340 e. The quantitative estimate of drug-likeness (QED) is 0.467. The van der Waals surface area contributed by atoms with Crippen LogP contribution in [0.25, 0.3) is 0 Å². The van der Waals surface area contributed by atoms with Crippen molar-refractivity contribution in [1.29, 1.82) is 0 Å². The van der Waals surface area contributed by atoms with Gasteiger partial charge in [0.2, 0.25) is 0 Å². The Hall–Kier alpha value is -2.22. The Bertz CT molecular complexity index is 521. The van der Waals surface area contributed by atoms with Crippen LogP contribution < -0.4 is 5.32 Å². The van der Waals surface area contributed by atoms with Gasteiger partial charge in [0.15, 0.2) is 0 Å². The van der Waals surface area contributed by atoms with Crippen LogP contribution in [0.3, 0.4) is 0 Å². The first kappa shape index (κ1) is 15.8. The number of halogens is 1. The van der Waals surface area contributed by atoms with Gasteiger partial charge >= 0.3 is 5.97 Å². The zero-order valence-corrected chi connectivity index (χ0v) is 11.1. The van der Waals surface area contributed by atoms with E-state index in [0.29, 0.717) is 6.07 Å². The van der Waals surface area contributed by atoms with Crippen LogP contribution in [0.15, 0.2) is 12.1 Å². The summed E-state index contributed by atoms with van der Waals surface area (Å²) in [6.07, 6.45) is 0. The van der Waals surface area contributed by atoms with Crippen LogP contribution >= 0.6 is 0 Å². The number of aliphatic hydroxyl groups excluding tert-OH is 1. The fraction of sp³-hybridized carbons (Fsp3) is 0.417. The van der Waals surface area contributed by atoms with Gasteiger partial charge in [0, 0.05) is 13.2 Å². The Labute approximate surface area is 114 Å². The monoisotopic (exact) mass is 286 g/mol. The summed E-state index contributed by atoms with van der Waals surface area (Å²) in [4.78, 5) is 21.5. The summed E-state index contributed by atoms with van der Waals surface area (Å²) < 4.78 is 18.0. The molecule has 0 heterocycles. The van der Waals surface area contributed by atoms with Crippen molar-refractivity contribution in [2.24, 2.45) is 5.92 Å². The zero-order valence-electron chi connectivity index (χ0n) is 11.1. The van der Waals surface area contributed by atoms with E-state index in [0.717, 1.165) is 13.2 Å². The number of nitrogens with zero attached hydrogens (tertiary/aromatic N) is 1. The molecule has 0 spiro atoms. The van der Waals surface area contributed by atoms with Crippen molar-refractivity contribution in [3.8, 4) is 0 Å². The maximum absolute atomic E-state index is 13.6. The second-order valence-corrected chi connectivity index (χ2v) is 4.27. The van der Waals surface area contributed by atoms with Gasteiger partial charge in [-0.1, -0.05) is 6.92 Å². The van der Waals surface area contributed by atoms with E-state index in [2.05, 4.69) is 10.1 Å². The molecule has 0 aromatic heterocycles. The van der Waals surface area contributed by atoms with Crippen LogP contribution in [0, 0.1) is 21.8 Å². The highest BCUT2D eigenvalue weighted by Crippen LogP contribution is 2.28. The van der Waals surface area contributed by atoms with Gasteiger partial charge in [0.05, 0.1) is 23.7 Å². The van der Waals surface area contributed by atoms with Gasteiger partial charge in [0.25, 0.3) is 5.69 Å². The van der Waals surface area contributed by atoms with Crippen LogP contribution in [0.5, 0.6) is 0 Å². The highest BCUT2D eigenvalue weighted by molar-refractivity contribution is 5.91. The summed E-state index contributed by atoms with van der Waals surface area (Å²) in [5.74, 6) is -2.10. The molecule has 0 aliphatic carbocycles. The van der Waals surface area contributed by atoms with E-state index in [4.69, 9.17) is 5.11 Å². The minimum absolute atomic E-state index is 0.00269. The van der Waals surface area contributed by atoms with Crippen molar-refractivity contribution in [1.82, 2.24) is 0 Å². The van der Waals surface area contributed by atoms with Gasteiger partial charge in [-0.15, -0.1) is 0 Å². The van der Waals surface area contributed by atoms with E-state index in [1.54, 1.807) is 6.92 Å². The molecule has 0 saturated carbocycles. The number of hydrogen-bond acceptors (Lipinski definition) is 6. The summed E-state index contributed by atoms with van der Waals surface area (Å²) in [6.45, 7) is 1.86. The highest BCUT2D eigenvalue weighted by Gasteiger charge is 2.22. The standard InChI is InChI=1S/C12H15FN2O5/c1-7(6-16)5-14-10-3-8(12(17)20-2)9(13)4-11(10)15(18)19/h3-4,7,14,16H,5-6H2,1-2H3. The zero-order chi connectivity index (χ0) is 15.3. The Morgan fingerprint density at radius 1 is 1.60 bits per heavy atom. The summed E-state index contributed by atoms with van der Waals surface area (Å²) in [6, 6.07) is 1.70. The number of nitro benzene ring substituents is 1. The number of carbonyl (C=O) groups excluding carboxylic acids is 1. The molecule has 1 aromatic rings. The Kier molecular flexibility index (Phi) is 5.39. The third kappa shape index (κ3) is 3.64. The van der Waals surface area contributed by atoms with E-state index >= 15 is 0 Å². The fourth-order valence-corrected chi connectivity index (χ4v) is 1.47. The molecule has 1 rings (SSSR count). The molecule has 110 valence electrons. The first-order valence-electron chi connectivity index (χ1n) is 5.81. The van der Waals surface area contributed by atoms with Gasteiger partial charge in [-0.2, -0.15) is 0 Å². The topological polar surface area (TPSA) is 102 Å². The van der Waals surface area contributed by atoms with E-state index in [9.17, 15) is 19.3 Å². The Morgan fingerprint density at radius 2 is 2.25 bits per heavy atom. The average molecular weight is 286 g/mol. The SMILES string of the molecule is COC(=O)c1cc(NCC(C)CO)c([N+](=O)[O-])cc1F. The average Bonchev–Trinajstić information content (AvgIpc) is 2.44. The number of nitrogens with one attached hydrogen (secondary N) is 1. The normalized spacial score (nSPS) is 11.8. The van der Waals surface area contributed by atoms with Crippen LogP contribution in [-0.4, -0.2) is 36.3 Å². The number of esters is 1. The molecule has 0 amide bonds. The molecule has 1 unspecified atom stereocenters. The Balaban J connectivity index is 3.16. The van der Waals surface area contributed by atoms with Gasteiger partial charge in [-0.05, 0) is 12.0 Å². The molecule has 1 atom stereocenters. The van der Waals surface area contributed by atoms with Crippen LogP contribution in [0.1, 0.15) is 17.3 Å². The van der Waals surface area contributed by atoms with Gasteiger partial charge in [-0.25, -0.2) is 9.18 Å². The van der Waals surface area contributed by atoms with E-state index in [-0.39, 0.29) is 24.8 Å². The molecule has 1 aromatic carbocycles. The fourth-order valence-electron chi connectivity index (χ4n) is 1.47. The van der Waals surface area contributed by atoms with Crippen molar-refractivity contribution in [2.75, 3.05) is 25.6 Å². The largest absolute Gasteiger partial charge is 0.465 e. The molecule has 0 radical (unpaired) electrons. The van der Waals surface area contributed by atoms with Crippen LogP contribution in [0.4, 0.5) is 15.8 Å². The molecule has 20 heavy (non-hydrogen) atoms. The summed E-state index contributed by atoms with van der Waals surface area (Å²) in [7, 11) is 1.09. The molecule has 8 heteroatoms. The highest BCUT2D eigenvalue weighted by atomic mass is 19.1. The summed E-state index contributed by atoms with van der Waals surface area (Å²) in [5, 5.41) is 22.5. The first-order valence-corrected chi connectivity index (χ1v) is 5.81. The number of anilines is 1. The van der Waals surface area contributed by atoms with Crippen molar-refractivity contribution < 1.29 is 24.0 Å². The lowest BCUT2D eigenvalue weighted by Gasteiger charge is -2.12. The van der Waals surface area contributed by atoms with Crippen molar-refractivity contribution >= 4 is 17.3 Å². The number of aliphatic hydroxyl groups is 1. The number of rotatable bonds is 6. The van der Waals surface area contributed by atoms with E-state index in [1.165, 1.54) is 0 Å². The third-order valence-electron chi connectivity index (χ3n) is 2.64. The Morgan fingerprint density at radius 3 is 2.75 bits per heavy atom. The first-order chi connectivity index (χ1) is 9.40. The number of nitro groups is 1. The molecular weight excluding hydrogens is 271 g/mol. The van der Waals surface area contributed by atoms with Crippen molar-refractivity contribution in [3.63, 3.8) is 0 Å². The predicted molar refractivity (Wildman–Crippen MR) is 69.1 cm³/mol. The predicted octanol–water partition coefficient (Wildman–Crippen LogP) is 1.56. The van der Waals surface area contributed by atoms with Gasteiger partial charge in [-0.3, -0.25) is 10.1 Å². The minimum atomic E-state index is -1.02. The number of ether oxygens (including phenoxy) is 1. The second-order valence-electron chi connectivity index (χ2n) is 4.27. The molecule has 0 fully saturated rings. The number of benzene rings is 1. The minimum Gasteiger partial charge on any atom is -0.465 e. The molecule has 0 aliphatic heterocycles. The molecule has 7 nitrogen and oxygen atoms in total.